The first-order chi connectivity index (χ1) is 15.9. The molecule has 0 aromatic heterocycles. The van der Waals surface area contributed by atoms with E-state index in [4.69, 9.17) is 9.47 Å². The molecule has 1 unspecified atom stereocenters. The van der Waals surface area contributed by atoms with Gasteiger partial charge in [-0.3, -0.25) is 14.4 Å². The predicted molar refractivity (Wildman–Crippen MR) is 119 cm³/mol. The Bertz CT molecular complexity index is 880. The topological polar surface area (TPSA) is 96.4 Å². The molecule has 2 amide bonds. The van der Waals surface area contributed by atoms with Crippen molar-refractivity contribution in [2.24, 2.45) is 11.8 Å². The highest BCUT2D eigenvalue weighted by molar-refractivity contribution is 5.99. The normalized spacial score (nSPS) is 38.6. The third-order valence-corrected chi connectivity index (χ3v) is 8.17. The van der Waals surface area contributed by atoms with Crippen molar-refractivity contribution < 1.29 is 29.0 Å². The number of amides is 2. The summed E-state index contributed by atoms with van der Waals surface area (Å²) in [6.45, 7) is 2.82. The average molecular weight is 459 g/mol. The van der Waals surface area contributed by atoms with E-state index in [1.807, 2.05) is 30.1 Å². The van der Waals surface area contributed by atoms with Crippen LogP contribution in [0.5, 0.6) is 0 Å². The van der Waals surface area contributed by atoms with Gasteiger partial charge in [0.05, 0.1) is 11.5 Å². The number of nitrogens with zero attached hydrogens (tertiary/aromatic N) is 2. The molecule has 1 N–H and O–H groups in total. The van der Waals surface area contributed by atoms with E-state index < -0.39 is 35.0 Å². The Kier molecular flexibility index (Phi) is 5.85. The van der Waals surface area contributed by atoms with Gasteiger partial charge in [0.15, 0.2) is 0 Å². The second-order valence-electron chi connectivity index (χ2n) is 10.2. The van der Waals surface area contributed by atoms with Crippen molar-refractivity contribution in [3.05, 3.63) is 24.3 Å². The van der Waals surface area contributed by atoms with Crippen LogP contribution in [0.4, 0.5) is 0 Å². The second-order valence-corrected chi connectivity index (χ2v) is 10.2. The number of carbonyl (C=O) groups excluding carboxylic acids is 3. The van der Waals surface area contributed by atoms with E-state index in [1.165, 1.54) is 6.42 Å². The van der Waals surface area contributed by atoms with E-state index in [0.717, 1.165) is 25.7 Å². The fourth-order valence-corrected chi connectivity index (χ4v) is 6.73. The highest BCUT2D eigenvalue weighted by Gasteiger charge is 2.74. The van der Waals surface area contributed by atoms with Gasteiger partial charge < -0.3 is 24.4 Å². The Morgan fingerprint density at radius 2 is 1.82 bits per heavy atom. The van der Waals surface area contributed by atoms with Crippen molar-refractivity contribution in [1.82, 2.24) is 9.80 Å². The SMILES string of the molecule is C[C@@]12C=CCOC(=O)[C@@H]1[C@H]1C(=O)N(CCCCO)C3C(=O)N(C4CCCCC4)CC=C[C@@]31O2. The fraction of sp³-hybridized carbons (Fsp3) is 0.720. The summed E-state index contributed by atoms with van der Waals surface area (Å²) in [5.74, 6) is -2.41. The largest absolute Gasteiger partial charge is 0.461 e. The number of rotatable bonds is 5. The predicted octanol–water partition coefficient (Wildman–Crippen LogP) is 1.57. The van der Waals surface area contributed by atoms with Gasteiger partial charge in [0.2, 0.25) is 11.8 Å². The van der Waals surface area contributed by atoms with Crippen LogP contribution in [0, 0.1) is 11.8 Å². The molecule has 2 saturated heterocycles. The number of hydrogen-bond donors (Lipinski definition) is 1. The lowest BCUT2D eigenvalue weighted by molar-refractivity contribution is -0.158. The first-order valence-electron chi connectivity index (χ1n) is 12.4. The number of fused-ring (bicyclic) bond motifs is 2. The first kappa shape index (κ1) is 22.6. The number of carbonyl (C=O) groups is 3. The number of aliphatic hydroxyl groups excluding tert-OH is 1. The first-order valence-corrected chi connectivity index (χ1v) is 12.4. The zero-order valence-electron chi connectivity index (χ0n) is 19.3. The van der Waals surface area contributed by atoms with Crippen LogP contribution in [0.1, 0.15) is 51.9 Å². The van der Waals surface area contributed by atoms with E-state index in [1.54, 1.807) is 11.0 Å². The van der Waals surface area contributed by atoms with Crippen LogP contribution in [0.15, 0.2) is 24.3 Å². The maximum atomic E-state index is 14.1. The van der Waals surface area contributed by atoms with Crippen molar-refractivity contribution in [3.8, 4) is 0 Å². The van der Waals surface area contributed by atoms with Gasteiger partial charge in [-0.2, -0.15) is 0 Å². The molecule has 1 aliphatic carbocycles. The smallest absolute Gasteiger partial charge is 0.313 e. The van der Waals surface area contributed by atoms with Gasteiger partial charge in [-0.05, 0) is 38.7 Å². The third kappa shape index (κ3) is 3.44. The minimum Gasteiger partial charge on any atom is -0.461 e. The fourth-order valence-electron chi connectivity index (χ4n) is 6.73. The summed E-state index contributed by atoms with van der Waals surface area (Å²) in [5.41, 5.74) is -2.23. The molecule has 180 valence electrons. The molecular weight excluding hydrogens is 424 g/mol. The van der Waals surface area contributed by atoms with Crippen LogP contribution in [0.25, 0.3) is 0 Å². The van der Waals surface area contributed by atoms with Crippen LogP contribution >= 0.6 is 0 Å². The maximum absolute atomic E-state index is 14.1. The van der Waals surface area contributed by atoms with Crippen molar-refractivity contribution in [3.63, 3.8) is 0 Å². The lowest BCUT2D eigenvalue weighted by Crippen LogP contribution is -2.57. The van der Waals surface area contributed by atoms with Crippen molar-refractivity contribution >= 4 is 17.8 Å². The number of cyclic esters (lactones) is 1. The maximum Gasteiger partial charge on any atom is 0.313 e. The number of hydrogen-bond acceptors (Lipinski definition) is 6. The van der Waals surface area contributed by atoms with Crippen LogP contribution in [0.2, 0.25) is 0 Å². The van der Waals surface area contributed by atoms with Gasteiger partial charge in [0.25, 0.3) is 0 Å². The summed E-state index contributed by atoms with van der Waals surface area (Å²) in [5, 5.41) is 9.28. The minimum atomic E-state index is -1.21. The summed E-state index contributed by atoms with van der Waals surface area (Å²) in [6.07, 6.45) is 13.9. The van der Waals surface area contributed by atoms with E-state index in [9.17, 15) is 19.5 Å². The molecule has 0 radical (unpaired) electrons. The lowest BCUT2D eigenvalue weighted by atomic mass is 9.74. The summed E-state index contributed by atoms with van der Waals surface area (Å²) in [6, 6.07) is -0.661. The number of esters is 1. The number of likely N-dealkylation sites (tertiary alicyclic amines) is 1. The van der Waals surface area contributed by atoms with Crippen molar-refractivity contribution in [2.75, 3.05) is 26.3 Å². The van der Waals surface area contributed by atoms with E-state index in [0.29, 0.717) is 25.9 Å². The summed E-state index contributed by atoms with van der Waals surface area (Å²) in [7, 11) is 0. The molecule has 0 aromatic carbocycles. The second kappa shape index (κ2) is 8.55. The zero-order valence-corrected chi connectivity index (χ0v) is 19.3. The monoisotopic (exact) mass is 458 g/mol. The highest BCUT2D eigenvalue weighted by Crippen LogP contribution is 2.57. The molecule has 4 aliphatic heterocycles. The Morgan fingerprint density at radius 1 is 1.03 bits per heavy atom. The van der Waals surface area contributed by atoms with Gasteiger partial charge in [-0.25, -0.2) is 0 Å². The molecule has 0 aromatic rings. The molecule has 5 atom stereocenters. The molecule has 33 heavy (non-hydrogen) atoms. The molecule has 8 nitrogen and oxygen atoms in total. The number of unbranched alkanes of at least 4 members (excludes halogenated alkanes) is 1. The van der Waals surface area contributed by atoms with E-state index in [-0.39, 0.29) is 31.1 Å². The Morgan fingerprint density at radius 3 is 2.58 bits per heavy atom. The quantitative estimate of drug-likeness (QED) is 0.382. The molecule has 5 aliphatic rings. The molecule has 4 heterocycles. The number of ether oxygens (including phenoxy) is 2. The van der Waals surface area contributed by atoms with Gasteiger partial charge in [0.1, 0.15) is 24.2 Å². The summed E-state index contributed by atoms with van der Waals surface area (Å²) in [4.78, 5) is 44.6. The van der Waals surface area contributed by atoms with Crippen LogP contribution in [0.3, 0.4) is 0 Å². The standard InChI is InChI=1S/C25H34N2O6/c1-24-11-8-16-32-23(31)19(24)18-21(29)27(13-5-6-15-28)20-22(30)26(17-9-3-2-4-10-17)14-7-12-25(18,20)33-24/h7-8,11-12,17-20,28H,2-6,9-10,13-16H2,1H3/t18-,19-,20?,24+,25-/m0/s1. The van der Waals surface area contributed by atoms with Crippen LogP contribution < -0.4 is 0 Å². The van der Waals surface area contributed by atoms with Gasteiger partial charge >= 0.3 is 5.97 Å². The molecule has 1 saturated carbocycles. The van der Waals surface area contributed by atoms with Gasteiger partial charge in [-0.1, -0.05) is 37.5 Å². The van der Waals surface area contributed by atoms with Gasteiger partial charge in [-0.15, -0.1) is 0 Å². The summed E-state index contributed by atoms with van der Waals surface area (Å²) >= 11 is 0. The lowest BCUT2D eigenvalue weighted by Gasteiger charge is -2.40. The third-order valence-electron chi connectivity index (χ3n) is 8.17. The van der Waals surface area contributed by atoms with E-state index >= 15 is 0 Å². The summed E-state index contributed by atoms with van der Waals surface area (Å²) < 4.78 is 12.1. The molecule has 3 fully saturated rings. The Balaban J connectivity index is 1.57. The van der Waals surface area contributed by atoms with Crippen LogP contribution in [-0.4, -0.2) is 82.3 Å². The minimum absolute atomic E-state index is 0.0254. The molecular formula is C25H34N2O6. The Labute approximate surface area is 194 Å². The van der Waals surface area contributed by atoms with Crippen molar-refractivity contribution in [1.29, 1.82) is 0 Å². The van der Waals surface area contributed by atoms with Crippen molar-refractivity contribution in [2.45, 2.75) is 75.2 Å². The average Bonchev–Trinajstić information content (AvgIpc) is 3.05. The van der Waals surface area contributed by atoms with Gasteiger partial charge in [0, 0.05) is 25.7 Å². The van der Waals surface area contributed by atoms with E-state index in [2.05, 4.69) is 0 Å². The molecule has 8 heteroatoms. The molecule has 1 spiro atoms. The zero-order chi connectivity index (χ0) is 23.2. The number of aliphatic hydroxyl groups is 1. The molecule has 0 bridgehead atoms. The Hall–Kier alpha value is -2.19. The highest BCUT2D eigenvalue weighted by atomic mass is 16.6. The molecule has 5 rings (SSSR count). The van der Waals surface area contributed by atoms with Crippen LogP contribution in [-0.2, 0) is 23.9 Å².